The van der Waals surface area contributed by atoms with Crippen LogP contribution in [0.4, 0.5) is 0 Å². The van der Waals surface area contributed by atoms with Crippen molar-refractivity contribution in [2.75, 3.05) is 26.2 Å². The molecule has 0 unspecified atom stereocenters. The first-order chi connectivity index (χ1) is 10.1. The minimum Gasteiger partial charge on any atom is -0.492 e. The topological polar surface area (TPSA) is 41.6 Å². The van der Waals surface area contributed by atoms with Crippen molar-refractivity contribution >= 4 is 5.91 Å². The minimum absolute atomic E-state index is 0.187. The number of carbonyl (C=O) groups is 1. The van der Waals surface area contributed by atoms with Crippen molar-refractivity contribution in [2.45, 2.75) is 39.7 Å². The summed E-state index contributed by atoms with van der Waals surface area (Å²) in [6.07, 6.45) is 2.06. The third-order valence-electron chi connectivity index (χ3n) is 4.22. The fourth-order valence-corrected chi connectivity index (χ4v) is 2.63. The van der Waals surface area contributed by atoms with E-state index in [-0.39, 0.29) is 5.91 Å². The van der Waals surface area contributed by atoms with E-state index in [2.05, 4.69) is 31.3 Å². The highest BCUT2D eigenvalue weighted by Gasteiger charge is 2.19. The number of hydrogen-bond acceptors (Lipinski definition) is 3. The number of rotatable bonds is 5. The molecule has 116 valence electrons. The molecule has 1 aromatic rings. The van der Waals surface area contributed by atoms with Crippen LogP contribution in [0.5, 0.6) is 5.75 Å². The molecule has 1 aliphatic heterocycles. The van der Waals surface area contributed by atoms with Gasteiger partial charge in [0, 0.05) is 32.6 Å². The van der Waals surface area contributed by atoms with E-state index in [4.69, 9.17) is 4.74 Å². The second-order valence-electron chi connectivity index (χ2n) is 5.83. The molecule has 0 aliphatic carbocycles. The first-order valence-corrected chi connectivity index (χ1v) is 7.75. The van der Waals surface area contributed by atoms with Crippen molar-refractivity contribution in [3.8, 4) is 5.75 Å². The number of nitrogens with zero attached hydrogens (tertiary/aromatic N) is 1. The number of aryl methyl sites for hydroxylation is 2. The molecule has 4 heteroatoms. The molecular weight excluding hydrogens is 264 g/mol. The lowest BCUT2D eigenvalue weighted by Gasteiger charge is -2.31. The van der Waals surface area contributed by atoms with Gasteiger partial charge in [-0.15, -0.1) is 0 Å². The van der Waals surface area contributed by atoms with Crippen molar-refractivity contribution in [3.05, 3.63) is 29.3 Å². The number of amides is 1. The van der Waals surface area contributed by atoms with Gasteiger partial charge in [0.2, 0.25) is 5.91 Å². The monoisotopic (exact) mass is 290 g/mol. The summed E-state index contributed by atoms with van der Waals surface area (Å²) < 4.78 is 5.77. The standard InChI is InChI=1S/C17H26N2O2/c1-13-4-5-17(12-14(13)2)21-11-8-18-16-6-9-19(10-7-16)15(3)20/h4-5,12,16,18H,6-11H2,1-3H3. The molecular formula is C17H26N2O2. The Balaban J connectivity index is 1.64. The summed E-state index contributed by atoms with van der Waals surface area (Å²) >= 11 is 0. The van der Waals surface area contributed by atoms with Crippen LogP contribution in [0.15, 0.2) is 18.2 Å². The molecule has 1 fully saturated rings. The number of ether oxygens (including phenoxy) is 1. The van der Waals surface area contributed by atoms with E-state index in [0.29, 0.717) is 12.6 Å². The Morgan fingerprint density at radius 2 is 2.00 bits per heavy atom. The van der Waals surface area contributed by atoms with Gasteiger partial charge in [0.25, 0.3) is 0 Å². The normalized spacial score (nSPS) is 16.0. The Morgan fingerprint density at radius 1 is 1.29 bits per heavy atom. The minimum atomic E-state index is 0.187. The molecule has 2 rings (SSSR count). The van der Waals surface area contributed by atoms with Gasteiger partial charge in [-0.3, -0.25) is 4.79 Å². The van der Waals surface area contributed by atoms with Crippen molar-refractivity contribution in [2.24, 2.45) is 0 Å². The van der Waals surface area contributed by atoms with Crippen molar-refractivity contribution in [3.63, 3.8) is 0 Å². The Labute approximate surface area is 127 Å². The van der Waals surface area contributed by atoms with Crippen molar-refractivity contribution < 1.29 is 9.53 Å². The average Bonchev–Trinajstić information content (AvgIpc) is 2.47. The zero-order chi connectivity index (χ0) is 15.2. The lowest BCUT2D eigenvalue weighted by molar-refractivity contribution is -0.129. The van der Waals surface area contributed by atoms with E-state index in [1.165, 1.54) is 11.1 Å². The summed E-state index contributed by atoms with van der Waals surface area (Å²) in [7, 11) is 0. The summed E-state index contributed by atoms with van der Waals surface area (Å²) in [6, 6.07) is 6.70. The zero-order valence-corrected chi connectivity index (χ0v) is 13.3. The third kappa shape index (κ3) is 4.74. The van der Waals surface area contributed by atoms with Crippen molar-refractivity contribution in [1.82, 2.24) is 10.2 Å². The maximum atomic E-state index is 11.3. The van der Waals surface area contributed by atoms with Crippen LogP contribution < -0.4 is 10.1 Å². The first kappa shape index (κ1) is 15.8. The molecule has 1 aliphatic rings. The fraction of sp³-hybridized carbons (Fsp3) is 0.588. The molecule has 0 bridgehead atoms. The molecule has 0 radical (unpaired) electrons. The summed E-state index contributed by atoms with van der Waals surface area (Å²) in [4.78, 5) is 13.2. The van der Waals surface area contributed by atoms with Gasteiger partial charge in [-0.2, -0.15) is 0 Å². The fourth-order valence-electron chi connectivity index (χ4n) is 2.63. The number of nitrogens with one attached hydrogen (secondary N) is 1. The Morgan fingerprint density at radius 3 is 2.62 bits per heavy atom. The van der Waals surface area contributed by atoms with Gasteiger partial charge in [0.1, 0.15) is 12.4 Å². The zero-order valence-electron chi connectivity index (χ0n) is 13.3. The second kappa shape index (κ2) is 7.46. The Kier molecular flexibility index (Phi) is 5.62. The first-order valence-electron chi connectivity index (χ1n) is 7.75. The molecule has 1 saturated heterocycles. The van der Waals surface area contributed by atoms with Gasteiger partial charge in [0.05, 0.1) is 0 Å². The van der Waals surface area contributed by atoms with Crippen molar-refractivity contribution in [1.29, 1.82) is 0 Å². The van der Waals surface area contributed by atoms with Crippen LogP contribution in [0.1, 0.15) is 30.9 Å². The van der Waals surface area contributed by atoms with Gasteiger partial charge in [-0.1, -0.05) is 6.07 Å². The van der Waals surface area contributed by atoms with E-state index in [1.807, 2.05) is 11.0 Å². The van der Waals surface area contributed by atoms with Crippen LogP contribution in [0.2, 0.25) is 0 Å². The van der Waals surface area contributed by atoms with Crippen LogP contribution in [0.25, 0.3) is 0 Å². The molecule has 1 amide bonds. The van der Waals surface area contributed by atoms with E-state index < -0.39 is 0 Å². The summed E-state index contributed by atoms with van der Waals surface area (Å²) in [6.45, 7) is 9.10. The smallest absolute Gasteiger partial charge is 0.219 e. The van der Waals surface area contributed by atoms with Crippen LogP contribution in [0, 0.1) is 13.8 Å². The van der Waals surface area contributed by atoms with Gasteiger partial charge in [0.15, 0.2) is 0 Å². The van der Waals surface area contributed by atoms with Gasteiger partial charge in [-0.05, 0) is 49.9 Å². The summed E-state index contributed by atoms with van der Waals surface area (Å²) in [5.41, 5.74) is 2.55. The molecule has 0 saturated carbocycles. The number of hydrogen-bond donors (Lipinski definition) is 1. The maximum absolute atomic E-state index is 11.3. The molecule has 0 spiro atoms. The number of likely N-dealkylation sites (tertiary alicyclic amines) is 1. The lowest BCUT2D eigenvalue weighted by atomic mass is 10.1. The van der Waals surface area contributed by atoms with Gasteiger partial charge in [-0.25, -0.2) is 0 Å². The van der Waals surface area contributed by atoms with E-state index in [0.717, 1.165) is 38.2 Å². The van der Waals surface area contributed by atoms with Crippen LogP contribution in [-0.4, -0.2) is 43.1 Å². The number of benzene rings is 1. The second-order valence-corrected chi connectivity index (χ2v) is 5.83. The Bertz CT molecular complexity index is 480. The summed E-state index contributed by atoms with van der Waals surface area (Å²) in [5, 5.41) is 3.51. The predicted molar refractivity (Wildman–Crippen MR) is 84.7 cm³/mol. The number of carbonyl (C=O) groups excluding carboxylic acids is 1. The highest BCUT2D eigenvalue weighted by atomic mass is 16.5. The lowest BCUT2D eigenvalue weighted by Crippen LogP contribution is -2.45. The van der Waals surface area contributed by atoms with Gasteiger partial charge < -0.3 is 15.0 Å². The highest BCUT2D eigenvalue weighted by molar-refractivity contribution is 5.73. The van der Waals surface area contributed by atoms with Crippen LogP contribution in [0.3, 0.4) is 0 Å². The van der Waals surface area contributed by atoms with E-state index in [1.54, 1.807) is 6.92 Å². The SMILES string of the molecule is CC(=O)N1CCC(NCCOc2ccc(C)c(C)c2)CC1. The average molecular weight is 290 g/mol. The summed E-state index contributed by atoms with van der Waals surface area (Å²) in [5.74, 6) is 1.12. The molecule has 1 heterocycles. The quantitative estimate of drug-likeness (QED) is 0.846. The molecule has 0 aromatic heterocycles. The van der Waals surface area contributed by atoms with E-state index >= 15 is 0 Å². The third-order valence-corrected chi connectivity index (χ3v) is 4.22. The molecule has 1 N–H and O–H groups in total. The molecule has 21 heavy (non-hydrogen) atoms. The molecule has 1 aromatic carbocycles. The molecule has 4 nitrogen and oxygen atoms in total. The van der Waals surface area contributed by atoms with E-state index in [9.17, 15) is 4.79 Å². The Hall–Kier alpha value is -1.55. The molecule has 0 atom stereocenters. The van der Waals surface area contributed by atoms with Crippen LogP contribution >= 0.6 is 0 Å². The number of piperidine rings is 1. The highest BCUT2D eigenvalue weighted by Crippen LogP contribution is 2.16. The maximum Gasteiger partial charge on any atom is 0.219 e. The predicted octanol–water partition coefficient (Wildman–Crippen LogP) is 2.28. The van der Waals surface area contributed by atoms with Crippen LogP contribution in [-0.2, 0) is 4.79 Å². The van der Waals surface area contributed by atoms with Gasteiger partial charge >= 0.3 is 0 Å². The largest absolute Gasteiger partial charge is 0.492 e.